The van der Waals surface area contributed by atoms with E-state index in [0.717, 1.165) is 64.1 Å². The Morgan fingerprint density at radius 1 is 0.504 bits per heavy atom. The molecule has 34 nitrogen and oxygen atoms in total. The standard InChI is InChI=1S/C24H30N6O3S.C15H19ClN4O2S.C12H20N4O2.C10H17N3O.C10H15N3.C10H14N2O.C7H11N3/c1-16(2)21-10-11-26-24(29-21)28-19-5-4-12-30(15-19)34(31,32)20-8-6-17(7-9-20)18-13-22(33-3)23(25)27-14-18;1-11(2)14-7-8-17-15(20-14)18-9-10-19-23(21,22)13-5-3-12(16)4-6-13;1-9(2)10-4-5-14-12(16-10)15-7-6-13-11(17)8-18-3;1-7(2)9-4-5-11-10(13-9)12-6-8(3)14;1-7(2)9-5-6-11-10(13-9)12-8-3-4-8;1-7(2)9-4-5-11-10(6-9)12-8(3)13;1-5(2)6-3-4-9-7(8)10-6/h6-11,13-14,16,19H,4-5,12,15H2,1-3H3,(H2,25,27)(H,26,28,29);3-8,11,19H,9-10H2,1-2H3,(H,17,18,20);4-5,9H,6-8H2,1-3H3,(H,13,17)(H,14,15,16);4-5,7-8,14H,6H2,1-3H3,(H,11,12,13);5-8H,3-4H2,1-2H3,(H,11,12,13);4-7H,1-3H3,(H,11,12,13);3-5H,1-2H3,(H2,8,9,10)/t19-;;;8-;;;/m1..1.../s1. The minimum Gasteiger partial charge on any atom is -0.493 e. The van der Waals surface area contributed by atoms with Gasteiger partial charge in [-0.25, -0.2) is 91.3 Å². The largest absolute Gasteiger partial charge is 0.493 e. The van der Waals surface area contributed by atoms with E-state index in [1.165, 1.54) is 56.0 Å². The lowest BCUT2D eigenvalue weighted by Crippen LogP contribution is -2.45. The number of carbonyl (C=O) groups excluding carboxylic acids is 2. The predicted octanol–water partition coefficient (Wildman–Crippen LogP) is 13.8. The summed E-state index contributed by atoms with van der Waals surface area (Å²) in [5.74, 6) is 7.23. The number of halogens is 1. The number of amides is 2. The molecule has 37 heteroatoms. The van der Waals surface area contributed by atoms with Crippen LogP contribution in [-0.2, 0) is 34.4 Å². The van der Waals surface area contributed by atoms with Crippen LogP contribution >= 0.6 is 11.6 Å². The molecule has 13 N–H and O–H groups in total. The molecule has 12 rings (SSSR count). The molecule has 0 spiro atoms. The van der Waals surface area contributed by atoms with Gasteiger partial charge in [0.1, 0.15) is 12.4 Å². The van der Waals surface area contributed by atoms with Gasteiger partial charge in [0.2, 0.25) is 67.6 Å². The van der Waals surface area contributed by atoms with Gasteiger partial charge in [0.15, 0.2) is 11.6 Å². The average Bonchev–Trinajstić information content (AvgIpc) is 0.868. The number of sulfonamides is 2. The van der Waals surface area contributed by atoms with E-state index in [1.54, 1.807) is 92.8 Å². The van der Waals surface area contributed by atoms with E-state index in [1.807, 2.05) is 68.6 Å². The number of hydrogen-bond donors (Lipinski definition) is 11. The van der Waals surface area contributed by atoms with Crippen molar-refractivity contribution in [3.63, 3.8) is 0 Å². The van der Waals surface area contributed by atoms with Crippen molar-refractivity contribution in [2.24, 2.45) is 0 Å². The molecule has 2 fully saturated rings. The Bertz CT molecular complexity index is 5160. The van der Waals surface area contributed by atoms with Gasteiger partial charge >= 0.3 is 0 Å². The van der Waals surface area contributed by atoms with Gasteiger partial charge < -0.3 is 63.3 Å². The third-order valence-electron chi connectivity index (χ3n) is 18.3. The summed E-state index contributed by atoms with van der Waals surface area (Å²) in [6.07, 6.45) is 17.5. The Balaban J connectivity index is 0.000000235. The van der Waals surface area contributed by atoms with Crippen LogP contribution in [0, 0.1) is 0 Å². The van der Waals surface area contributed by atoms with Crippen LogP contribution < -0.4 is 58.1 Å². The van der Waals surface area contributed by atoms with Crippen LogP contribution in [0.2, 0.25) is 5.02 Å². The average molecular weight is 1780 g/mol. The molecule has 8 aromatic heterocycles. The number of carbonyl (C=O) groups is 2. The molecule has 0 bridgehead atoms. The zero-order valence-electron chi connectivity index (χ0n) is 75.0. The molecule has 10 aromatic rings. The number of benzene rings is 2. The number of nitrogens with one attached hydrogen (secondary N) is 8. The number of aromatic nitrogens is 14. The molecule has 0 unspecified atom stereocenters. The van der Waals surface area contributed by atoms with Crippen LogP contribution in [0.25, 0.3) is 11.1 Å². The Kier molecular flexibility index (Phi) is 42.9. The van der Waals surface area contributed by atoms with Crippen LogP contribution in [0.4, 0.5) is 47.3 Å². The second-order valence-electron chi connectivity index (χ2n) is 31.4. The minimum absolute atomic E-state index is 0.0569. The highest BCUT2D eigenvalue weighted by molar-refractivity contribution is 7.89. The fourth-order valence-corrected chi connectivity index (χ4v) is 13.8. The summed E-state index contributed by atoms with van der Waals surface area (Å²) in [6, 6.07) is 30.4. The van der Waals surface area contributed by atoms with Gasteiger partial charge in [0, 0.05) is 166 Å². The van der Waals surface area contributed by atoms with Crippen molar-refractivity contribution >= 4 is 90.8 Å². The summed E-state index contributed by atoms with van der Waals surface area (Å²) < 4.78 is 64.8. The molecule has 2 amide bonds. The number of nitrogen functional groups attached to an aromatic ring is 2. The Morgan fingerprint density at radius 2 is 0.952 bits per heavy atom. The van der Waals surface area contributed by atoms with E-state index in [4.69, 9.17) is 37.6 Å². The van der Waals surface area contributed by atoms with Crippen molar-refractivity contribution in [3.05, 3.63) is 197 Å². The molecule has 0 radical (unpaired) electrons. The zero-order valence-corrected chi connectivity index (χ0v) is 77.4. The lowest BCUT2D eigenvalue weighted by atomic mass is 10.1. The highest BCUT2D eigenvalue weighted by atomic mass is 35.5. The lowest BCUT2D eigenvalue weighted by molar-refractivity contribution is -0.124. The fourth-order valence-electron chi connectivity index (χ4n) is 11.1. The molecule has 676 valence electrons. The summed E-state index contributed by atoms with van der Waals surface area (Å²) in [7, 11) is -4.16. The lowest BCUT2D eigenvalue weighted by Gasteiger charge is -2.32. The van der Waals surface area contributed by atoms with E-state index in [2.05, 4.69) is 195 Å². The number of rotatable bonds is 31. The number of pyridine rings is 2. The van der Waals surface area contributed by atoms with Crippen LogP contribution in [0.5, 0.6) is 5.75 Å². The first-order valence-electron chi connectivity index (χ1n) is 41.7. The van der Waals surface area contributed by atoms with Crippen LogP contribution in [0.15, 0.2) is 162 Å². The normalized spacial score (nSPS) is 13.3. The van der Waals surface area contributed by atoms with Gasteiger partial charge in [-0.15, -0.1) is 0 Å². The number of piperidine rings is 1. The first kappa shape index (κ1) is 102. The van der Waals surface area contributed by atoms with Gasteiger partial charge in [0.05, 0.1) is 23.0 Å². The minimum atomic E-state index is -3.64. The summed E-state index contributed by atoms with van der Waals surface area (Å²) in [6.45, 7) is 35.5. The second kappa shape index (κ2) is 52.4. The Morgan fingerprint density at radius 3 is 1.40 bits per heavy atom. The van der Waals surface area contributed by atoms with Gasteiger partial charge in [-0.3, -0.25) is 9.59 Å². The van der Waals surface area contributed by atoms with Gasteiger partial charge in [-0.2, -0.15) is 4.31 Å². The highest BCUT2D eigenvalue weighted by Crippen LogP contribution is 2.31. The second-order valence-corrected chi connectivity index (χ2v) is 35.6. The number of nitrogens with two attached hydrogens (primary N) is 2. The molecule has 1 aliphatic carbocycles. The SMILES string of the molecule is CC(=O)Nc1cc(C(C)C)ccn1.CC(C)c1ccnc(N)n1.CC(C)c1ccnc(NC2CC2)n1.CC(C)c1ccnc(NCCNS(=O)(=O)c2ccc(Cl)cc2)n1.CC(C)c1ccnc(NC[C@@H](C)O)n1.COCC(=O)NCCNc1nccc(C(C)C)n1.COc1cc(-c2ccc(S(=O)(=O)N3CCC[C@@H](Nc4nccc(C(C)C)n4)C3)cc2)cnc1N. The fraction of sp³-hybridized carbons (Fsp3) is 0.455. The third-order valence-corrected chi connectivity index (χ3v) is 21.9. The molecule has 9 heterocycles. The summed E-state index contributed by atoms with van der Waals surface area (Å²) >= 11 is 5.75. The van der Waals surface area contributed by atoms with Crippen molar-refractivity contribution < 1.29 is 41.0 Å². The summed E-state index contributed by atoms with van der Waals surface area (Å²) in [5, 5.41) is 30.6. The molecule has 1 saturated heterocycles. The maximum Gasteiger partial charge on any atom is 0.246 e. The maximum absolute atomic E-state index is 13.3. The molecule has 2 aliphatic rings. The van der Waals surface area contributed by atoms with Gasteiger partial charge in [-0.1, -0.05) is 121 Å². The monoisotopic (exact) mass is 1780 g/mol. The maximum atomic E-state index is 13.3. The molecular formula is C88H126ClN25O9S2. The van der Waals surface area contributed by atoms with Crippen LogP contribution in [0.1, 0.15) is 218 Å². The van der Waals surface area contributed by atoms with E-state index in [0.29, 0.717) is 139 Å². The number of aliphatic hydroxyl groups is 1. The molecule has 2 atom stereocenters. The Labute approximate surface area is 741 Å². The first-order chi connectivity index (χ1) is 59.4. The van der Waals surface area contributed by atoms with E-state index in [9.17, 15) is 26.4 Å². The van der Waals surface area contributed by atoms with Crippen molar-refractivity contribution in [1.82, 2.24) is 84.1 Å². The zero-order chi connectivity index (χ0) is 91.8. The summed E-state index contributed by atoms with van der Waals surface area (Å²) in [5.41, 5.74) is 19.9. The number of ether oxygens (including phenoxy) is 2. The number of anilines is 8. The predicted molar refractivity (Wildman–Crippen MR) is 495 cm³/mol. The van der Waals surface area contributed by atoms with Gasteiger partial charge in [-0.05, 0) is 176 Å². The molecule has 1 saturated carbocycles. The topological polar surface area (TPSA) is 473 Å². The smallest absolute Gasteiger partial charge is 0.246 e. The van der Waals surface area contributed by atoms with Crippen molar-refractivity contribution in [2.45, 2.75) is 206 Å². The Hall–Kier alpha value is -11.4. The highest BCUT2D eigenvalue weighted by Gasteiger charge is 2.31. The number of nitrogens with zero attached hydrogens (tertiary/aromatic N) is 15. The molecule has 2 aromatic carbocycles. The first-order valence-corrected chi connectivity index (χ1v) is 45.0. The van der Waals surface area contributed by atoms with Crippen molar-refractivity contribution in [1.29, 1.82) is 0 Å². The summed E-state index contributed by atoms with van der Waals surface area (Å²) in [4.78, 5) is 81.1. The van der Waals surface area contributed by atoms with Crippen molar-refractivity contribution in [2.75, 3.05) is 110 Å². The third kappa shape index (κ3) is 37.5. The van der Waals surface area contributed by atoms with E-state index >= 15 is 0 Å². The van der Waals surface area contributed by atoms with Crippen LogP contribution in [-0.4, -0.2) is 193 Å². The molecule has 125 heavy (non-hydrogen) atoms. The van der Waals surface area contributed by atoms with Crippen LogP contribution in [0.3, 0.4) is 0 Å². The van der Waals surface area contributed by atoms with E-state index < -0.39 is 20.0 Å². The molecule has 1 aliphatic heterocycles. The van der Waals surface area contributed by atoms with Crippen molar-refractivity contribution in [3.8, 4) is 16.9 Å². The van der Waals surface area contributed by atoms with Gasteiger partial charge in [0.25, 0.3) is 0 Å². The quantitative estimate of drug-likeness (QED) is 0.0180. The molecular weight excluding hydrogens is 1650 g/mol. The number of aliphatic hydroxyl groups excluding tert-OH is 1. The number of methoxy groups -OCH3 is 2. The number of hydrogen-bond acceptors (Lipinski definition) is 30. The van der Waals surface area contributed by atoms with E-state index in [-0.39, 0.29) is 46.9 Å².